The molecule has 2 atom stereocenters. The van der Waals surface area contributed by atoms with Gasteiger partial charge in [-0.3, -0.25) is 9.59 Å². The van der Waals surface area contributed by atoms with E-state index in [-0.39, 0.29) is 10.2 Å². The van der Waals surface area contributed by atoms with Gasteiger partial charge in [0.05, 0.1) is 5.56 Å². The largest absolute Gasteiger partial charge is 0.480 e. The third-order valence-corrected chi connectivity index (χ3v) is 3.94. The number of nitrogens with one attached hydrogen (secondary N) is 2. The Morgan fingerprint density at radius 2 is 2.23 bits per heavy atom. The van der Waals surface area contributed by atoms with Crippen molar-refractivity contribution < 1.29 is 19.5 Å². The summed E-state index contributed by atoms with van der Waals surface area (Å²) in [5.41, 5.74) is 0.272. The Bertz CT molecular complexity index is 657. The van der Waals surface area contributed by atoms with Crippen molar-refractivity contribution in [1.82, 2.24) is 15.2 Å². The number of nitrogens with zero attached hydrogens (tertiary/aromatic N) is 1. The average Bonchev–Trinajstić information content (AvgIpc) is 2.96. The fourth-order valence-electron chi connectivity index (χ4n) is 2.47. The molecule has 22 heavy (non-hydrogen) atoms. The number of rotatable bonds is 4. The van der Waals surface area contributed by atoms with Gasteiger partial charge in [-0.25, -0.2) is 4.79 Å². The molecule has 0 bridgehead atoms. The Morgan fingerprint density at radius 3 is 2.86 bits per heavy atom. The summed E-state index contributed by atoms with van der Waals surface area (Å²) < 4.78 is 0.282. The first-order chi connectivity index (χ1) is 10.4. The number of hydrogen-bond acceptors (Lipinski definition) is 4. The van der Waals surface area contributed by atoms with Crippen LogP contribution < -0.4 is 5.32 Å². The van der Waals surface area contributed by atoms with Crippen LogP contribution in [0.2, 0.25) is 0 Å². The van der Waals surface area contributed by atoms with Gasteiger partial charge >= 0.3 is 5.97 Å². The molecule has 118 valence electrons. The highest BCUT2D eigenvalue weighted by Crippen LogP contribution is 2.18. The Balaban J connectivity index is 2.06. The lowest BCUT2D eigenvalue weighted by Gasteiger charge is -2.25. The molecule has 1 aliphatic heterocycles. The molecule has 2 rings (SSSR count). The first kappa shape index (κ1) is 16.2. The van der Waals surface area contributed by atoms with Gasteiger partial charge in [0, 0.05) is 12.7 Å². The molecule has 1 aromatic rings. The van der Waals surface area contributed by atoms with E-state index in [1.807, 2.05) is 0 Å². The molecule has 1 aliphatic rings. The predicted octanol–water partition coefficient (Wildman–Crippen LogP) is 0.938. The molecule has 0 spiro atoms. The van der Waals surface area contributed by atoms with Crippen molar-refractivity contribution in [2.24, 2.45) is 0 Å². The number of aromatic nitrogens is 1. The van der Waals surface area contributed by atoms with Crippen LogP contribution in [0.5, 0.6) is 0 Å². The minimum Gasteiger partial charge on any atom is -0.480 e. The smallest absolute Gasteiger partial charge is 0.326 e. The monoisotopic (exact) mass is 323 g/mol. The highest BCUT2D eigenvalue weighted by molar-refractivity contribution is 7.71. The molecule has 2 heterocycles. The van der Waals surface area contributed by atoms with Crippen LogP contribution in [0, 0.1) is 4.64 Å². The van der Waals surface area contributed by atoms with Crippen LogP contribution in [0.25, 0.3) is 0 Å². The van der Waals surface area contributed by atoms with E-state index in [2.05, 4.69) is 10.3 Å². The maximum atomic E-state index is 12.3. The van der Waals surface area contributed by atoms with Gasteiger partial charge in [0.1, 0.15) is 16.7 Å². The Morgan fingerprint density at radius 1 is 1.50 bits per heavy atom. The number of carboxylic acid groups (broad SMARTS) is 1. The maximum Gasteiger partial charge on any atom is 0.326 e. The van der Waals surface area contributed by atoms with Crippen molar-refractivity contribution in [3.8, 4) is 0 Å². The van der Waals surface area contributed by atoms with E-state index in [1.54, 1.807) is 18.3 Å². The van der Waals surface area contributed by atoms with E-state index in [4.69, 9.17) is 17.3 Å². The summed E-state index contributed by atoms with van der Waals surface area (Å²) in [6, 6.07) is 1.56. The van der Waals surface area contributed by atoms with Gasteiger partial charge in [-0.1, -0.05) is 12.2 Å². The minimum absolute atomic E-state index is 0.272. The molecule has 2 amide bonds. The summed E-state index contributed by atoms with van der Waals surface area (Å²) in [7, 11) is 0. The normalized spacial score (nSPS) is 18.8. The van der Waals surface area contributed by atoms with E-state index in [1.165, 1.54) is 11.8 Å². The third-order valence-electron chi connectivity index (χ3n) is 3.60. The first-order valence-corrected chi connectivity index (χ1v) is 7.34. The number of likely N-dealkylation sites (tertiary alicyclic amines) is 1. The second kappa shape index (κ2) is 6.69. The second-order valence-electron chi connectivity index (χ2n) is 5.14. The van der Waals surface area contributed by atoms with Gasteiger partial charge in [0.2, 0.25) is 5.91 Å². The highest BCUT2D eigenvalue weighted by Gasteiger charge is 2.36. The van der Waals surface area contributed by atoms with Gasteiger partial charge in [-0.05, 0) is 31.9 Å². The molecule has 0 aliphatic carbocycles. The lowest BCUT2D eigenvalue weighted by molar-refractivity contribution is -0.148. The van der Waals surface area contributed by atoms with Crippen LogP contribution >= 0.6 is 12.2 Å². The number of carbonyl (C=O) groups is 3. The lowest BCUT2D eigenvalue weighted by Crippen LogP contribution is -2.50. The molecule has 7 nitrogen and oxygen atoms in total. The van der Waals surface area contributed by atoms with Crippen LogP contribution in [-0.2, 0) is 9.59 Å². The van der Waals surface area contributed by atoms with E-state index < -0.39 is 29.9 Å². The number of H-pyrrole nitrogens is 1. The van der Waals surface area contributed by atoms with Crippen molar-refractivity contribution in [3.05, 3.63) is 28.5 Å². The Labute approximate surface area is 132 Å². The number of pyridine rings is 1. The predicted molar refractivity (Wildman–Crippen MR) is 80.9 cm³/mol. The molecular formula is C14H17N3O4S. The van der Waals surface area contributed by atoms with Gasteiger partial charge in [-0.15, -0.1) is 0 Å². The topological polar surface area (TPSA) is 103 Å². The van der Waals surface area contributed by atoms with Crippen LogP contribution in [0.4, 0.5) is 0 Å². The van der Waals surface area contributed by atoms with Crippen molar-refractivity contribution >= 4 is 30.0 Å². The fraction of sp³-hybridized carbons (Fsp3) is 0.429. The zero-order valence-corrected chi connectivity index (χ0v) is 12.9. The van der Waals surface area contributed by atoms with E-state index in [9.17, 15) is 14.4 Å². The van der Waals surface area contributed by atoms with E-state index >= 15 is 0 Å². The SMILES string of the molecule is C[C@H](NC(=O)c1ccc[nH]c1=S)C(=O)N1CCC[C@H]1C(=O)O. The van der Waals surface area contributed by atoms with Crippen LogP contribution in [0.15, 0.2) is 18.3 Å². The first-order valence-electron chi connectivity index (χ1n) is 6.93. The molecular weight excluding hydrogens is 306 g/mol. The summed E-state index contributed by atoms with van der Waals surface area (Å²) in [6.45, 7) is 1.93. The van der Waals surface area contributed by atoms with Gasteiger partial charge in [0.15, 0.2) is 0 Å². The van der Waals surface area contributed by atoms with Gasteiger partial charge < -0.3 is 20.3 Å². The quantitative estimate of drug-likeness (QED) is 0.716. The fourth-order valence-corrected chi connectivity index (χ4v) is 2.70. The van der Waals surface area contributed by atoms with E-state index in [0.29, 0.717) is 19.4 Å². The molecule has 3 N–H and O–H groups in total. The molecule has 0 radical (unpaired) electrons. The molecule has 8 heteroatoms. The maximum absolute atomic E-state index is 12.3. The van der Waals surface area contributed by atoms with Crippen LogP contribution in [-0.4, -0.2) is 51.4 Å². The van der Waals surface area contributed by atoms with Crippen molar-refractivity contribution in [2.45, 2.75) is 31.8 Å². The summed E-state index contributed by atoms with van der Waals surface area (Å²) in [4.78, 5) is 39.6. The van der Waals surface area contributed by atoms with Crippen molar-refractivity contribution in [3.63, 3.8) is 0 Å². The molecule has 0 saturated carbocycles. The standard InChI is InChI=1S/C14H17N3O4S/c1-8(13(19)17-7-3-5-10(17)14(20)21)16-11(18)9-4-2-6-15-12(9)22/h2,4,6,8,10H,3,5,7H2,1H3,(H,15,22)(H,16,18)(H,20,21)/t8-,10-/m0/s1. The minimum atomic E-state index is -1.02. The zero-order valence-electron chi connectivity index (χ0n) is 12.0. The summed E-state index contributed by atoms with van der Waals surface area (Å²) >= 11 is 5.02. The summed E-state index contributed by atoms with van der Waals surface area (Å²) in [6.07, 6.45) is 2.69. The molecule has 1 saturated heterocycles. The number of amides is 2. The van der Waals surface area contributed by atoms with Crippen LogP contribution in [0.3, 0.4) is 0 Å². The summed E-state index contributed by atoms with van der Waals surface area (Å²) in [5.74, 6) is -1.88. The molecule has 1 aromatic heterocycles. The Kier molecular flexibility index (Phi) is 4.92. The number of aromatic amines is 1. The van der Waals surface area contributed by atoms with Gasteiger partial charge in [-0.2, -0.15) is 0 Å². The van der Waals surface area contributed by atoms with E-state index in [0.717, 1.165) is 0 Å². The summed E-state index contributed by atoms with van der Waals surface area (Å²) in [5, 5.41) is 11.7. The number of carboxylic acids is 1. The molecule has 1 fully saturated rings. The third kappa shape index (κ3) is 3.33. The lowest BCUT2D eigenvalue weighted by atomic mass is 10.2. The highest BCUT2D eigenvalue weighted by atomic mass is 32.1. The average molecular weight is 323 g/mol. The zero-order chi connectivity index (χ0) is 16.3. The van der Waals surface area contributed by atoms with Crippen LogP contribution in [0.1, 0.15) is 30.1 Å². The second-order valence-corrected chi connectivity index (χ2v) is 5.54. The van der Waals surface area contributed by atoms with Crippen molar-refractivity contribution in [1.29, 1.82) is 0 Å². The molecule has 0 aromatic carbocycles. The number of carbonyl (C=O) groups excluding carboxylic acids is 2. The van der Waals surface area contributed by atoms with Crippen molar-refractivity contribution in [2.75, 3.05) is 6.54 Å². The molecule has 0 unspecified atom stereocenters. The number of aliphatic carboxylic acids is 1. The Hall–Kier alpha value is -2.22. The number of hydrogen-bond donors (Lipinski definition) is 3. The van der Waals surface area contributed by atoms with Gasteiger partial charge in [0.25, 0.3) is 5.91 Å².